The van der Waals surface area contributed by atoms with Crippen molar-refractivity contribution in [2.75, 3.05) is 5.32 Å². The summed E-state index contributed by atoms with van der Waals surface area (Å²) in [4.78, 5) is 37.9. The van der Waals surface area contributed by atoms with E-state index in [-0.39, 0.29) is 38.9 Å². The topological polar surface area (TPSA) is 85.6 Å². The largest absolute Gasteiger partial charge is 0.425 e. The van der Waals surface area contributed by atoms with Crippen LogP contribution in [-0.4, -0.2) is 11.9 Å². The lowest BCUT2D eigenvalue weighted by molar-refractivity contribution is -0.137. The third kappa shape index (κ3) is 5.84. The Hall–Kier alpha value is -3.82. The van der Waals surface area contributed by atoms with E-state index < -0.39 is 41.4 Å². The van der Waals surface area contributed by atoms with Gasteiger partial charge in [0.15, 0.2) is 0 Å². The molecule has 0 saturated carbocycles. The molecule has 6 nitrogen and oxygen atoms in total. The first-order chi connectivity index (χ1) is 18.0. The lowest BCUT2D eigenvalue weighted by Crippen LogP contribution is -2.22. The summed E-state index contributed by atoms with van der Waals surface area (Å²) in [5.41, 5.74) is -1.78. The molecule has 196 valence electrons. The minimum absolute atomic E-state index is 0.0171. The molecule has 0 saturated heterocycles. The molecular formula is C27H18Cl2F3NO5. The fourth-order valence-electron chi connectivity index (χ4n) is 3.82. The van der Waals surface area contributed by atoms with E-state index in [4.69, 9.17) is 32.4 Å². The van der Waals surface area contributed by atoms with Crippen LogP contribution >= 0.6 is 23.2 Å². The molecule has 0 aliphatic heterocycles. The summed E-state index contributed by atoms with van der Waals surface area (Å²) in [6.07, 6.45) is -5.31. The number of nitrogens with one attached hydrogen (secondary N) is 1. The highest BCUT2D eigenvalue weighted by molar-refractivity contribution is 6.33. The van der Waals surface area contributed by atoms with Crippen LogP contribution in [-0.2, 0) is 22.2 Å². The zero-order chi connectivity index (χ0) is 27.6. The number of carbonyl (C=O) groups is 2. The Morgan fingerprint density at radius 1 is 1.03 bits per heavy atom. The summed E-state index contributed by atoms with van der Waals surface area (Å²) >= 11 is 11.9. The van der Waals surface area contributed by atoms with Gasteiger partial charge in [0.25, 0.3) is 0 Å². The Balaban J connectivity index is 1.84. The van der Waals surface area contributed by atoms with Crippen molar-refractivity contribution in [2.45, 2.75) is 25.9 Å². The Labute approximate surface area is 223 Å². The quantitative estimate of drug-likeness (QED) is 0.151. The molecule has 1 heterocycles. The normalized spacial score (nSPS) is 11.4. The van der Waals surface area contributed by atoms with Crippen LogP contribution in [0.25, 0.3) is 22.1 Å². The van der Waals surface area contributed by atoms with Gasteiger partial charge in [0.05, 0.1) is 28.3 Å². The minimum Gasteiger partial charge on any atom is -0.425 e. The maximum atomic E-state index is 13.5. The molecule has 38 heavy (non-hydrogen) atoms. The fraction of sp³-hybridized carbons (Fsp3) is 0.148. The molecule has 0 unspecified atom stereocenters. The Morgan fingerprint density at radius 2 is 1.74 bits per heavy atom. The number of carbonyl (C=O) groups excluding carboxylic acids is 2. The van der Waals surface area contributed by atoms with Gasteiger partial charge in [-0.1, -0.05) is 60.5 Å². The lowest BCUT2D eigenvalue weighted by atomic mass is 9.95. The number of benzene rings is 3. The number of amides is 1. The average Bonchev–Trinajstić information content (AvgIpc) is 2.86. The summed E-state index contributed by atoms with van der Waals surface area (Å²) in [6, 6.07) is 14.2. The first-order valence-electron chi connectivity index (χ1n) is 11.2. The summed E-state index contributed by atoms with van der Waals surface area (Å²) < 4.78 is 51.2. The Kier molecular flexibility index (Phi) is 7.80. The van der Waals surface area contributed by atoms with Crippen molar-refractivity contribution < 1.29 is 31.9 Å². The molecule has 0 aliphatic rings. The second-order valence-electron chi connectivity index (χ2n) is 8.13. The molecular weight excluding hydrogens is 546 g/mol. The van der Waals surface area contributed by atoms with E-state index in [0.29, 0.717) is 17.0 Å². The van der Waals surface area contributed by atoms with Gasteiger partial charge in [0.2, 0.25) is 5.91 Å². The highest BCUT2D eigenvalue weighted by Crippen LogP contribution is 2.38. The molecule has 0 bridgehead atoms. The van der Waals surface area contributed by atoms with Gasteiger partial charge in [-0.25, -0.2) is 4.79 Å². The minimum atomic E-state index is -4.78. The standard InChI is InChI=1S/C27H18Cl2F3NO5/c1-2-24(35)37-22-11-16-21(13-19(22)29)38-26(36)17(25(16)14-6-4-3-5-7-14)12-23(34)33-20-9-8-15(28)10-18(20)27(30,31)32/h3-11,13H,2,12H2,1H3,(H,33,34). The van der Waals surface area contributed by atoms with Crippen LogP contribution in [0, 0.1) is 0 Å². The summed E-state index contributed by atoms with van der Waals surface area (Å²) in [7, 11) is 0. The first kappa shape index (κ1) is 27.2. The van der Waals surface area contributed by atoms with Crippen molar-refractivity contribution in [2.24, 2.45) is 0 Å². The van der Waals surface area contributed by atoms with Gasteiger partial charge in [-0.05, 0) is 29.8 Å². The van der Waals surface area contributed by atoms with E-state index in [1.165, 1.54) is 18.2 Å². The number of alkyl halides is 3. The third-order valence-electron chi connectivity index (χ3n) is 5.53. The lowest BCUT2D eigenvalue weighted by Gasteiger charge is -2.16. The third-order valence-corrected chi connectivity index (χ3v) is 6.06. The Bertz CT molecular complexity index is 1600. The van der Waals surface area contributed by atoms with Crippen molar-refractivity contribution in [3.05, 3.63) is 92.3 Å². The highest BCUT2D eigenvalue weighted by Gasteiger charge is 2.34. The molecule has 1 aromatic heterocycles. The van der Waals surface area contributed by atoms with Crippen LogP contribution in [0.15, 0.2) is 69.9 Å². The number of rotatable bonds is 6. The molecule has 3 aromatic carbocycles. The zero-order valence-electron chi connectivity index (χ0n) is 19.6. The number of hydrogen-bond donors (Lipinski definition) is 1. The number of esters is 1. The van der Waals surface area contributed by atoms with Gasteiger partial charge >= 0.3 is 17.8 Å². The molecule has 1 amide bonds. The van der Waals surface area contributed by atoms with Gasteiger partial charge in [-0.2, -0.15) is 13.2 Å². The summed E-state index contributed by atoms with van der Waals surface area (Å²) in [5, 5.41) is 2.39. The van der Waals surface area contributed by atoms with E-state index in [9.17, 15) is 27.6 Å². The van der Waals surface area contributed by atoms with Gasteiger partial charge in [-0.3, -0.25) is 9.59 Å². The average molecular weight is 564 g/mol. The summed E-state index contributed by atoms with van der Waals surface area (Å²) in [5.74, 6) is -1.43. The van der Waals surface area contributed by atoms with E-state index >= 15 is 0 Å². The SMILES string of the molecule is CCC(=O)Oc1cc2c(-c3ccccc3)c(CC(=O)Nc3ccc(Cl)cc3C(F)(F)F)c(=O)oc2cc1Cl. The van der Waals surface area contributed by atoms with E-state index in [1.54, 1.807) is 37.3 Å². The van der Waals surface area contributed by atoms with Gasteiger partial charge < -0.3 is 14.5 Å². The molecule has 1 N–H and O–H groups in total. The number of hydrogen-bond acceptors (Lipinski definition) is 5. The molecule has 11 heteroatoms. The van der Waals surface area contributed by atoms with Gasteiger partial charge in [0.1, 0.15) is 11.3 Å². The molecule has 4 aromatic rings. The fourth-order valence-corrected chi connectivity index (χ4v) is 4.19. The number of ether oxygens (including phenoxy) is 1. The molecule has 0 radical (unpaired) electrons. The van der Waals surface area contributed by atoms with Crippen LogP contribution in [0.1, 0.15) is 24.5 Å². The van der Waals surface area contributed by atoms with Crippen LogP contribution in [0.2, 0.25) is 10.0 Å². The van der Waals surface area contributed by atoms with Crippen LogP contribution < -0.4 is 15.7 Å². The van der Waals surface area contributed by atoms with E-state index in [0.717, 1.165) is 6.07 Å². The maximum Gasteiger partial charge on any atom is 0.418 e. The summed E-state index contributed by atoms with van der Waals surface area (Å²) in [6.45, 7) is 1.60. The molecule has 0 fully saturated rings. The zero-order valence-corrected chi connectivity index (χ0v) is 21.1. The number of halogens is 5. The van der Waals surface area contributed by atoms with Crippen molar-refractivity contribution in [3.63, 3.8) is 0 Å². The molecule has 0 atom stereocenters. The molecule has 0 aliphatic carbocycles. The van der Waals surface area contributed by atoms with Crippen molar-refractivity contribution in [1.29, 1.82) is 0 Å². The van der Waals surface area contributed by atoms with Gasteiger partial charge in [-0.15, -0.1) is 0 Å². The van der Waals surface area contributed by atoms with Crippen molar-refractivity contribution in [3.8, 4) is 16.9 Å². The Morgan fingerprint density at radius 3 is 2.39 bits per heavy atom. The van der Waals surface area contributed by atoms with E-state index in [1.807, 2.05) is 0 Å². The van der Waals surface area contributed by atoms with Crippen molar-refractivity contribution >= 4 is 51.7 Å². The molecule has 0 spiro atoms. The van der Waals surface area contributed by atoms with Crippen LogP contribution in [0.4, 0.5) is 18.9 Å². The van der Waals surface area contributed by atoms with Crippen LogP contribution in [0.3, 0.4) is 0 Å². The second kappa shape index (κ2) is 10.9. The predicted octanol–water partition coefficient (Wildman–Crippen LogP) is 7.28. The van der Waals surface area contributed by atoms with Crippen molar-refractivity contribution in [1.82, 2.24) is 0 Å². The predicted molar refractivity (Wildman–Crippen MR) is 138 cm³/mol. The first-order valence-corrected chi connectivity index (χ1v) is 12.0. The second-order valence-corrected chi connectivity index (χ2v) is 8.97. The van der Waals surface area contributed by atoms with E-state index in [2.05, 4.69) is 5.32 Å². The highest BCUT2D eigenvalue weighted by atomic mass is 35.5. The smallest absolute Gasteiger partial charge is 0.418 e. The van der Waals surface area contributed by atoms with Crippen LogP contribution in [0.5, 0.6) is 5.75 Å². The molecule has 4 rings (SSSR count). The number of anilines is 1. The monoisotopic (exact) mass is 563 g/mol. The maximum absolute atomic E-state index is 13.5. The number of fused-ring (bicyclic) bond motifs is 1. The van der Waals surface area contributed by atoms with Gasteiger partial charge in [0, 0.05) is 28.5 Å².